The van der Waals surface area contributed by atoms with Crippen LogP contribution in [0.1, 0.15) is 16.3 Å². The van der Waals surface area contributed by atoms with Crippen LogP contribution in [0, 0.1) is 0 Å². The number of para-hydroxylation sites is 2. The molecule has 0 amide bonds. The van der Waals surface area contributed by atoms with E-state index in [9.17, 15) is 5.11 Å². The van der Waals surface area contributed by atoms with E-state index in [4.69, 9.17) is 15.0 Å². The van der Waals surface area contributed by atoms with Gasteiger partial charge in [-0.1, -0.05) is 36.4 Å². The number of aliphatic imine (C=N–C) groups is 1. The molecule has 0 unspecified atom stereocenters. The second kappa shape index (κ2) is 8.41. The fourth-order valence-corrected chi connectivity index (χ4v) is 6.21. The molecule has 0 saturated heterocycles. The van der Waals surface area contributed by atoms with Crippen LogP contribution in [0.4, 0.5) is 0 Å². The first kappa shape index (κ1) is 21.0. The molecule has 0 bridgehead atoms. The van der Waals surface area contributed by atoms with E-state index in [0.717, 1.165) is 64.4 Å². The zero-order chi connectivity index (χ0) is 24.1. The van der Waals surface area contributed by atoms with Crippen LogP contribution in [0.5, 0.6) is 5.75 Å². The van der Waals surface area contributed by atoms with Crippen molar-refractivity contribution in [2.24, 2.45) is 4.99 Å². The van der Waals surface area contributed by atoms with Crippen molar-refractivity contribution >= 4 is 54.4 Å². The highest BCUT2D eigenvalue weighted by Crippen LogP contribution is 2.35. The van der Waals surface area contributed by atoms with E-state index in [1.165, 1.54) is 0 Å². The standard InChI is InChI=1S/C29H18N4OS2/c34-18-11-9-17(10-12-18)27(21-13-15-23(30-21)28-32-19-5-1-3-7-25(19)35-28)22-14-16-24(31-22)29-33-20-6-2-4-8-26(20)36-29/h1-16,30,34H/b27-22-. The van der Waals surface area contributed by atoms with E-state index in [2.05, 4.69) is 29.2 Å². The zero-order valence-corrected chi connectivity index (χ0v) is 20.5. The van der Waals surface area contributed by atoms with Gasteiger partial charge in [0.05, 0.1) is 37.5 Å². The normalized spacial score (nSPS) is 14.6. The number of phenols is 1. The summed E-state index contributed by atoms with van der Waals surface area (Å²) in [6.45, 7) is 0. The third-order valence-corrected chi connectivity index (χ3v) is 8.17. The summed E-state index contributed by atoms with van der Waals surface area (Å²) in [5.41, 5.74) is 7.47. The summed E-state index contributed by atoms with van der Waals surface area (Å²) >= 11 is 3.31. The van der Waals surface area contributed by atoms with Gasteiger partial charge >= 0.3 is 0 Å². The van der Waals surface area contributed by atoms with E-state index in [-0.39, 0.29) is 5.75 Å². The van der Waals surface area contributed by atoms with Gasteiger partial charge < -0.3 is 10.1 Å². The topological polar surface area (TPSA) is 74.2 Å². The van der Waals surface area contributed by atoms with E-state index in [1.807, 2.05) is 60.7 Å². The average molecular weight is 503 g/mol. The summed E-state index contributed by atoms with van der Waals surface area (Å²) < 4.78 is 2.30. The average Bonchev–Trinajstić information content (AvgIpc) is 3.70. The molecule has 0 atom stereocenters. The van der Waals surface area contributed by atoms with Crippen molar-refractivity contribution in [3.63, 3.8) is 0 Å². The summed E-state index contributed by atoms with van der Waals surface area (Å²) in [6, 6.07) is 27.6. The minimum Gasteiger partial charge on any atom is -0.508 e. The number of thiazole rings is 2. The Morgan fingerprint density at radius 3 is 2.08 bits per heavy atom. The number of nitrogens with one attached hydrogen (secondary N) is 1. The lowest BCUT2D eigenvalue weighted by atomic mass is 10.0. The van der Waals surface area contributed by atoms with E-state index < -0.39 is 0 Å². The molecule has 3 aromatic carbocycles. The number of benzene rings is 3. The van der Waals surface area contributed by atoms with Crippen LogP contribution in [0.15, 0.2) is 108 Å². The van der Waals surface area contributed by atoms with Crippen LogP contribution < -0.4 is 0 Å². The summed E-state index contributed by atoms with van der Waals surface area (Å²) in [6.07, 6.45) is 4.05. The molecule has 1 aliphatic heterocycles. The van der Waals surface area contributed by atoms with Crippen molar-refractivity contribution in [3.8, 4) is 16.5 Å². The Morgan fingerprint density at radius 2 is 1.36 bits per heavy atom. The molecular formula is C29H18N4OS2. The Morgan fingerprint density at radius 1 is 0.694 bits per heavy atom. The molecule has 2 N–H and O–H groups in total. The molecule has 6 aromatic rings. The zero-order valence-electron chi connectivity index (χ0n) is 18.8. The van der Waals surface area contributed by atoms with Gasteiger partial charge in [0, 0.05) is 11.3 Å². The lowest BCUT2D eigenvalue weighted by Crippen LogP contribution is -1.94. The minimum absolute atomic E-state index is 0.227. The van der Waals surface area contributed by atoms with Gasteiger partial charge in [-0.25, -0.2) is 15.0 Å². The number of aromatic nitrogens is 3. The quantitative estimate of drug-likeness (QED) is 0.263. The Hall–Kier alpha value is -4.33. The lowest BCUT2D eigenvalue weighted by Gasteiger charge is -2.09. The van der Waals surface area contributed by atoms with E-state index in [1.54, 1.807) is 34.8 Å². The number of aromatic amines is 1. The maximum Gasteiger partial charge on any atom is 0.143 e. The fourth-order valence-electron chi connectivity index (χ4n) is 4.32. The van der Waals surface area contributed by atoms with E-state index in [0.29, 0.717) is 0 Å². The van der Waals surface area contributed by atoms with Crippen LogP contribution >= 0.6 is 22.7 Å². The van der Waals surface area contributed by atoms with Crippen LogP contribution in [0.2, 0.25) is 0 Å². The molecule has 1 aliphatic rings. The van der Waals surface area contributed by atoms with Crippen LogP contribution in [0.25, 0.3) is 36.7 Å². The molecule has 7 heteroatoms. The summed E-state index contributed by atoms with van der Waals surface area (Å²) in [5, 5.41) is 11.7. The third kappa shape index (κ3) is 3.66. The first-order chi connectivity index (χ1) is 17.7. The van der Waals surface area contributed by atoms with Gasteiger partial charge in [-0.05, 0) is 66.2 Å². The Kier molecular flexibility index (Phi) is 4.90. The molecule has 5 nitrogen and oxygen atoms in total. The molecule has 7 rings (SSSR count). The van der Waals surface area contributed by atoms with Crippen molar-refractivity contribution in [2.45, 2.75) is 0 Å². The molecule has 36 heavy (non-hydrogen) atoms. The van der Waals surface area contributed by atoms with Crippen LogP contribution in [-0.4, -0.2) is 25.8 Å². The number of nitrogens with zero attached hydrogens (tertiary/aromatic N) is 3. The largest absolute Gasteiger partial charge is 0.508 e. The second-order valence-corrected chi connectivity index (χ2v) is 10.5. The molecule has 4 heterocycles. The molecular weight excluding hydrogens is 484 g/mol. The third-order valence-electron chi connectivity index (χ3n) is 6.04. The molecule has 3 aromatic heterocycles. The maximum atomic E-state index is 9.88. The first-order valence-corrected chi connectivity index (χ1v) is 13.1. The second-order valence-electron chi connectivity index (χ2n) is 8.40. The van der Waals surface area contributed by atoms with Gasteiger partial charge in [-0.15, -0.1) is 22.7 Å². The highest BCUT2D eigenvalue weighted by atomic mass is 32.1. The number of hydrogen-bond acceptors (Lipinski definition) is 6. The van der Waals surface area contributed by atoms with Crippen molar-refractivity contribution in [1.82, 2.24) is 15.0 Å². The minimum atomic E-state index is 0.227. The summed E-state index contributed by atoms with van der Waals surface area (Å²) in [4.78, 5) is 18.1. The molecule has 0 fully saturated rings. The molecule has 0 spiro atoms. The lowest BCUT2D eigenvalue weighted by molar-refractivity contribution is 0.475. The molecule has 0 radical (unpaired) electrons. The van der Waals surface area contributed by atoms with Crippen molar-refractivity contribution in [2.75, 3.05) is 0 Å². The highest BCUT2D eigenvalue weighted by molar-refractivity contribution is 7.21. The van der Waals surface area contributed by atoms with Crippen LogP contribution in [0.3, 0.4) is 0 Å². The van der Waals surface area contributed by atoms with Gasteiger partial charge in [-0.3, -0.25) is 0 Å². The Bertz CT molecular complexity index is 1790. The number of rotatable bonds is 4. The Balaban J connectivity index is 1.34. The number of allylic oxidation sites excluding steroid dienone is 2. The number of fused-ring (bicyclic) bond motifs is 2. The molecule has 0 aliphatic carbocycles. The molecule has 172 valence electrons. The molecule has 0 saturated carbocycles. The predicted octanol–water partition coefficient (Wildman–Crippen LogP) is 7.43. The number of H-pyrrole nitrogens is 1. The van der Waals surface area contributed by atoms with Gasteiger partial charge in [-0.2, -0.15) is 0 Å². The maximum absolute atomic E-state index is 9.88. The van der Waals surface area contributed by atoms with Crippen LogP contribution in [-0.2, 0) is 0 Å². The van der Waals surface area contributed by atoms with Crippen molar-refractivity contribution in [3.05, 3.63) is 119 Å². The highest BCUT2D eigenvalue weighted by Gasteiger charge is 2.19. The number of phenolic OH excluding ortho intramolecular Hbond substituents is 1. The van der Waals surface area contributed by atoms with Gasteiger partial charge in [0.15, 0.2) is 0 Å². The fraction of sp³-hybridized carbons (Fsp3) is 0. The van der Waals surface area contributed by atoms with E-state index >= 15 is 0 Å². The van der Waals surface area contributed by atoms with Crippen molar-refractivity contribution in [1.29, 1.82) is 0 Å². The van der Waals surface area contributed by atoms with Gasteiger partial charge in [0.1, 0.15) is 15.8 Å². The summed E-state index contributed by atoms with van der Waals surface area (Å²) in [5.74, 6) is 0.227. The van der Waals surface area contributed by atoms with Gasteiger partial charge in [0.2, 0.25) is 0 Å². The monoisotopic (exact) mass is 502 g/mol. The smallest absolute Gasteiger partial charge is 0.143 e. The van der Waals surface area contributed by atoms with Crippen molar-refractivity contribution < 1.29 is 5.11 Å². The van der Waals surface area contributed by atoms with Gasteiger partial charge in [0.25, 0.3) is 0 Å². The number of hydrogen-bond donors (Lipinski definition) is 2. The number of aromatic hydroxyl groups is 1. The SMILES string of the molecule is Oc1ccc(/C(=C2\C=CC(c3nc4ccccc4s3)=N2)c2ccc(-c3nc4ccccc4s3)[nH]2)cc1. The first-order valence-electron chi connectivity index (χ1n) is 11.4. The predicted molar refractivity (Wildman–Crippen MR) is 149 cm³/mol. The Labute approximate surface area is 214 Å². The summed E-state index contributed by atoms with van der Waals surface area (Å²) in [7, 11) is 0.